The van der Waals surface area contributed by atoms with Crippen LogP contribution in [0.4, 0.5) is 5.69 Å². The lowest BCUT2D eigenvalue weighted by Gasteiger charge is -2.29. The lowest BCUT2D eigenvalue weighted by Crippen LogP contribution is -2.33. The summed E-state index contributed by atoms with van der Waals surface area (Å²) in [6.45, 7) is 2.09. The summed E-state index contributed by atoms with van der Waals surface area (Å²) in [5.74, 6) is 1.90. The fourth-order valence-electron chi connectivity index (χ4n) is 4.39. The third kappa shape index (κ3) is 4.28. The highest BCUT2D eigenvalue weighted by molar-refractivity contribution is 6.08. The number of rotatable bonds is 9. The Labute approximate surface area is 192 Å². The molecule has 0 aliphatic carbocycles. The molecule has 2 aliphatic rings. The fraction of sp³-hybridized carbons (Fsp3) is 0.320. The Morgan fingerprint density at radius 2 is 2.00 bits per heavy atom. The standard InChI is InChI=1S/C25H27N5O3/c1-32-23-19-16-30-22(18-8-4-2-5-9-18)24(31)28-25(30)27-20(19)10-11-21(23)33-15-7-3-6-13-29-14-12-26-17-29/h2,4-5,8-12,14,17,22H,3,6-7,13,15-16H2,1H3,(H,27,28,31). The van der Waals surface area contributed by atoms with Gasteiger partial charge in [-0.1, -0.05) is 30.3 Å². The lowest BCUT2D eigenvalue weighted by molar-refractivity contribution is -0.121. The molecule has 0 spiro atoms. The van der Waals surface area contributed by atoms with Crippen LogP contribution in [0.5, 0.6) is 11.5 Å². The van der Waals surface area contributed by atoms with Gasteiger partial charge in [-0.2, -0.15) is 0 Å². The minimum absolute atomic E-state index is 0.0705. The Morgan fingerprint density at radius 3 is 2.79 bits per heavy atom. The van der Waals surface area contributed by atoms with Crippen LogP contribution in [0.2, 0.25) is 0 Å². The molecule has 1 amide bonds. The highest BCUT2D eigenvalue weighted by atomic mass is 16.5. The SMILES string of the molecule is COc1c(OCCCCCn2ccnc2)ccc2c1CN1C(=N2)NC(=O)C1c1ccccc1. The monoisotopic (exact) mass is 445 g/mol. The zero-order chi connectivity index (χ0) is 22.6. The molecule has 3 heterocycles. The van der Waals surface area contributed by atoms with E-state index in [-0.39, 0.29) is 5.91 Å². The van der Waals surface area contributed by atoms with Gasteiger partial charge in [-0.05, 0) is 37.0 Å². The molecule has 1 aromatic heterocycles. The summed E-state index contributed by atoms with van der Waals surface area (Å²) in [5.41, 5.74) is 2.65. The Balaban J connectivity index is 1.27. The van der Waals surface area contributed by atoms with Gasteiger partial charge in [-0.3, -0.25) is 10.1 Å². The van der Waals surface area contributed by atoms with E-state index >= 15 is 0 Å². The number of ether oxygens (including phenoxy) is 2. The summed E-state index contributed by atoms with van der Waals surface area (Å²) in [5, 5.41) is 2.92. The van der Waals surface area contributed by atoms with Gasteiger partial charge in [0.25, 0.3) is 5.91 Å². The number of aromatic nitrogens is 2. The van der Waals surface area contributed by atoms with Crippen molar-refractivity contribution in [2.24, 2.45) is 4.99 Å². The smallest absolute Gasteiger partial charge is 0.254 e. The van der Waals surface area contributed by atoms with Gasteiger partial charge in [0.15, 0.2) is 11.5 Å². The fourth-order valence-corrected chi connectivity index (χ4v) is 4.39. The van der Waals surface area contributed by atoms with Crippen LogP contribution in [0.1, 0.15) is 36.4 Å². The second-order valence-electron chi connectivity index (χ2n) is 8.17. The Hall–Kier alpha value is -3.81. The van der Waals surface area contributed by atoms with Crippen LogP contribution < -0.4 is 14.8 Å². The van der Waals surface area contributed by atoms with Gasteiger partial charge in [0.1, 0.15) is 6.04 Å². The largest absolute Gasteiger partial charge is 0.492 e. The van der Waals surface area contributed by atoms with Gasteiger partial charge in [-0.25, -0.2) is 9.98 Å². The number of carbonyl (C=O) groups excluding carboxylic acids is 1. The van der Waals surface area contributed by atoms with E-state index in [1.165, 1.54) is 0 Å². The summed E-state index contributed by atoms with van der Waals surface area (Å²) >= 11 is 0. The lowest BCUT2D eigenvalue weighted by atomic mass is 10.0. The third-order valence-corrected chi connectivity index (χ3v) is 6.02. The van der Waals surface area contributed by atoms with Crippen molar-refractivity contribution in [2.45, 2.75) is 38.4 Å². The number of unbranched alkanes of at least 4 members (excludes halogenated alkanes) is 2. The first-order valence-corrected chi connectivity index (χ1v) is 11.2. The van der Waals surface area contributed by atoms with Crippen molar-refractivity contribution in [1.82, 2.24) is 19.8 Å². The molecule has 1 fully saturated rings. The van der Waals surface area contributed by atoms with E-state index in [4.69, 9.17) is 14.5 Å². The van der Waals surface area contributed by atoms with Gasteiger partial charge < -0.3 is 18.9 Å². The number of amides is 1. The van der Waals surface area contributed by atoms with Gasteiger partial charge in [0, 0.05) is 24.5 Å². The summed E-state index contributed by atoms with van der Waals surface area (Å²) in [7, 11) is 1.65. The van der Waals surface area contributed by atoms with Gasteiger partial charge in [-0.15, -0.1) is 0 Å². The molecular weight excluding hydrogens is 418 g/mol. The van der Waals surface area contributed by atoms with Crippen molar-refractivity contribution in [1.29, 1.82) is 0 Å². The van der Waals surface area contributed by atoms with Crippen LogP contribution in [0.15, 0.2) is 66.2 Å². The second kappa shape index (κ2) is 9.36. The average molecular weight is 446 g/mol. The molecule has 0 radical (unpaired) electrons. The number of nitrogens with zero attached hydrogens (tertiary/aromatic N) is 4. The molecule has 1 unspecified atom stereocenters. The van der Waals surface area contributed by atoms with Crippen LogP contribution in [0, 0.1) is 0 Å². The van der Waals surface area contributed by atoms with Crippen LogP contribution in [-0.4, -0.2) is 40.0 Å². The van der Waals surface area contributed by atoms with Crippen LogP contribution in [0.3, 0.4) is 0 Å². The van der Waals surface area contributed by atoms with E-state index in [1.807, 2.05) is 59.9 Å². The summed E-state index contributed by atoms with van der Waals surface area (Å²) in [6, 6.07) is 13.2. The van der Waals surface area contributed by atoms with E-state index in [1.54, 1.807) is 13.3 Å². The number of carbonyl (C=O) groups is 1. The Bertz CT molecular complexity index is 1140. The number of nitrogens with one attached hydrogen (secondary N) is 1. The van der Waals surface area contributed by atoms with E-state index in [0.29, 0.717) is 30.6 Å². The molecule has 5 rings (SSSR count). The number of benzene rings is 2. The quantitative estimate of drug-likeness (QED) is 0.507. The first-order valence-electron chi connectivity index (χ1n) is 11.2. The zero-order valence-corrected chi connectivity index (χ0v) is 18.6. The Kier molecular flexibility index (Phi) is 5.97. The maximum Gasteiger partial charge on any atom is 0.254 e. The van der Waals surface area contributed by atoms with E-state index in [2.05, 4.69) is 14.9 Å². The minimum atomic E-state index is -0.414. The number of imidazole rings is 1. The number of hydrogen-bond donors (Lipinski definition) is 1. The molecule has 1 saturated heterocycles. The van der Waals surface area contributed by atoms with E-state index in [0.717, 1.165) is 42.6 Å². The molecule has 170 valence electrons. The molecule has 1 atom stereocenters. The third-order valence-electron chi connectivity index (χ3n) is 6.02. The molecule has 3 aromatic rings. The van der Waals surface area contributed by atoms with E-state index < -0.39 is 6.04 Å². The summed E-state index contributed by atoms with van der Waals surface area (Å²) in [6.07, 6.45) is 8.73. The molecule has 1 N–H and O–H groups in total. The molecule has 8 heteroatoms. The number of methoxy groups -OCH3 is 1. The number of aryl methyl sites for hydroxylation is 1. The second-order valence-corrected chi connectivity index (χ2v) is 8.17. The van der Waals surface area contributed by atoms with Crippen LogP contribution in [0.25, 0.3) is 0 Å². The van der Waals surface area contributed by atoms with Crippen molar-refractivity contribution >= 4 is 17.6 Å². The topological polar surface area (TPSA) is 81.0 Å². The van der Waals surface area contributed by atoms with Crippen molar-refractivity contribution in [3.05, 3.63) is 72.3 Å². The predicted octanol–water partition coefficient (Wildman–Crippen LogP) is 3.82. The van der Waals surface area contributed by atoms with Crippen LogP contribution >= 0.6 is 0 Å². The van der Waals surface area contributed by atoms with Crippen molar-refractivity contribution in [3.63, 3.8) is 0 Å². The number of hydrogen-bond acceptors (Lipinski definition) is 6. The normalized spacial score (nSPS) is 16.6. The maximum absolute atomic E-state index is 12.7. The van der Waals surface area contributed by atoms with Crippen molar-refractivity contribution in [2.75, 3.05) is 13.7 Å². The Morgan fingerprint density at radius 1 is 1.12 bits per heavy atom. The predicted molar refractivity (Wildman–Crippen MR) is 125 cm³/mol. The molecule has 2 aliphatic heterocycles. The van der Waals surface area contributed by atoms with Gasteiger partial charge >= 0.3 is 0 Å². The van der Waals surface area contributed by atoms with Gasteiger partial charge in [0.2, 0.25) is 5.96 Å². The summed E-state index contributed by atoms with van der Waals surface area (Å²) in [4.78, 5) is 23.5. The highest BCUT2D eigenvalue weighted by Crippen LogP contribution is 2.43. The maximum atomic E-state index is 12.7. The average Bonchev–Trinajstić information content (AvgIpc) is 3.46. The molecular formula is C25H27N5O3. The first kappa shape index (κ1) is 21.1. The van der Waals surface area contributed by atoms with Gasteiger partial charge in [0.05, 0.1) is 32.3 Å². The van der Waals surface area contributed by atoms with E-state index in [9.17, 15) is 4.79 Å². The van der Waals surface area contributed by atoms with Crippen LogP contribution in [-0.2, 0) is 17.9 Å². The molecule has 0 saturated carbocycles. The molecule has 0 bridgehead atoms. The molecule has 8 nitrogen and oxygen atoms in total. The zero-order valence-electron chi connectivity index (χ0n) is 18.6. The first-order chi connectivity index (χ1) is 16.2. The minimum Gasteiger partial charge on any atom is -0.492 e. The van der Waals surface area contributed by atoms with Crippen molar-refractivity contribution < 1.29 is 14.3 Å². The number of aliphatic imine (C=N–C) groups is 1. The number of guanidine groups is 1. The van der Waals surface area contributed by atoms with Crippen molar-refractivity contribution in [3.8, 4) is 11.5 Å². The molecule has 2 aromatic carbocycles. The highest BCUT2D eigenvalue weighted by Gasteiger charge is 2.41. The number of fused-ring (bicyclic) bond motifs is 2. The summed E-state index contributed by atoms with van der Waals surface area (Å²) < 4.78 is 13.9. The molecule has 33 heavy (non-hydrogen) atoms.